The van der Waals surface area contributed by atoms with Crippen LogP contribution in [-0.2, 0) is 11.3 Å². The predicted molar refractivity (Wildman–Crippen MR) is 75.6 cm³/mol. The van der Waals surface area contributed by atoms with Crippen molar-refractivity contribution in [2.24, 2.45) is 0 Å². The van der Waals surface area contributed by atoms with E-state index in [4.69, 9.17) is 5.11 Å². The Kier molecular flexibility index (Phi) is 4.50. The Hall–Kier alpha value is -1.04. The Labute approximate surface area is 117 Å². The van der Waals surface area contributed by atoms with E-state index in [1.807, 2.05) is 30.3 Å². The molecule has 1 saturated heterocycles. The summed E-state index contributed by atoms with van der Waals surface area (Å²) in [6.07, 6.45) is 0.324. The van der Waals surface area contributed by atoms with Crippen LogP contribution >= 0.6 is 11.8 Å². The SMILES string of the molecule is C[C@@]1(O)[C@H](SCCO)CC(=O)N1Cc1ccccc1. The fourth-order valence-electron chi connectivity index (χ4n) is 2.31. The minimum absolute atomic E-state index is 0.0377. The molecule has 0 aliphatic carbocycles. The molecule has 2 N–H and O–H groups in total. The minimum Gasteiger partial charge on any atom is -0.396 e. The summed E-state index contributed by atoms with van der Waals surface area (Å²) >= 11 is 1.45. The zero-order valence-electron chi connectivity index (χ0n) is 11.0. The van der Waals surface area contributed by atoms with E-state index in [0.29, 0.717) is 18.7 Å². The molecule has 0 spiro atoms. The van der Waals surface area contributed by atoms with Gasteiger partial charge in [0.25, 0.3) is 0 Å². The Morgan fingerprint density at radius 3 is 2.74 bits per heavy atom. The van der Waals surface area contributed by atoms with E-state index in [1.165, 1.54) is 16.7 Å². The molecule has 0 bridgehead atoms. The van der Waals surface area contributed by atoms with E-state index in [-0.39, 0.29) is 17.8 Å². The summed E-state index contributed by atoms with van der Waals surface area (Å²) in [6.45, 7) is 2.16. The smallest absolute Gasteiger partial charge is 0.226 e. The maximum atomic E-state index is 12.1. The standard InChI is InChI=1S/C14H19NO3S/c1-14(18)12(19-8-7-16)9-13(17)15(14)10-11-5-3-2-4-6-11/h2-6,12,16,18H,7-10H2,1H3/t12-,14-/m1/s1. The van der Waals surface area contributed by atoms with Gasteiger partial charge in [-0.2, -0.15) is 11.8 Å². The van der Waals surface area contributed by atoms with Crippen molar-refractivity contribution in [1.29, 1.82) is 0 Å². The molecule has 0 aromatic heterocycles. The zero-order chi connectivity index (χ0) is 13.9. The summed E-state index contributed by atoms with van der Waals surface area (Å²) < 4.78 is 0. The van der Waals surface area contributed by atoms with Crippen LogP contribution in [0.2, 0.25) is 0 Å². The van der Waals surface area contributed by atoms with Crippen molar-refractivity contribution in [3.8, 4) is 0 Å². The van der Waals surface area contributed by atoms with Crippen molar-refractivity contribution in [3.63, 3.8) is 0 Å². The van der Waals surface area contributed by atoms with Crippen molar-refractivity contribution in [2.45, 2.75) is 30.9 Å². The van der Waals surface area contributed by atoms with E-state index in [9.17, 15) is 9.90 Å². The number of carbonyl (C=O) groups excluding carboxylic acids is 1. The molecule has 19 heavy (non-hydrogen) atoms. The van der Waals surface area contributed by atoms with Gasteiger partial charge in [-0.1, -0.05) is 30.3 Å². The Balaban J connectivity index is 2.10. The molecule has 1 aliphatic heterocycles. The van der Waals surface area contributed by atoms with Crippen LogP contribution in [0.5, 0.6) is 0 Å². The van der Waals surface area contributed by atoms with Crippen LogP contribution < -0.4 is 0 Å². The van der Waals surface area contributed by atoms with E-state index in [0.717, 1.165) is 5.56 Å². The second kappa shape index (κ2) is 5.94. The normalized spacial score (nSPS) is 27.0. The number of thioether (sulfide) groups is 1. The number of hydrogen-bond donors (Lipinski definition) is 2. The largest absolute Gasteiger partial charge is 0.396 e. The average molecular weight is 281 g/mol. The lowest BCUT2D eigenvalue weighted by molar-refractivity contribution is -0.143. The van der Waals surface area contributed by atoms with Crippen LogP contribution in [0.1, 0.15) is 18.9 Å². The van der Waals surface area contributed by atoms with Gasteiger partial charge in [0.15, 0.2) is 0 Å². The zero-order valence-corrected chi connectivity index (χ0v) is 11.8. The van der Waals surface area contributed by atoms with E-state index < -0.39 is 5.72 Å². The van der Waals surface area contributed by atoms with Gasteiger partial charge >= 0.3 is 0 Å². The van der Waals surface area contributed by atoms with E-state index >= 15 is 0 Å². The van der Waals surface area contributed by atoms with Gasteiger partial charge in [-0.15, -0.1) is 0 Å². The average Bonchev–Trinajstić information content (AvgIpc) is 2.61. The first-order valence-electron chi connectivity index (χ1n) is 6.35. The van der Waals surface area contributed by atoms with Crippen molar-refractivity contribution in [1.82, 2.24) is 4.90 Å². The molecule has 1 aromatic carbocycles. The molecule has 0 unspecified atom stereocenters. The van der Waals surface area contributed by atoms with E-state index in [2.05, 4.69) is 0 Å². The molecular formula is C14H19NO3S. The number of likely N-dealkylation sites (tertiary alicyclic amines) is 1. The molecule has 5 heteroatoms. The van der Waals surface area contributed by atoms with Gasteiger partial charge in [0.2, 0.25) is 5.91 Å². The van der Waals surface area contributed by atoms with Crippen LogP contribution in [0, 0.1) is 0 Å². The van der Waals surface area contributed by atoms with Gasteiger partial charge < -0.3 is 15.1 Å². The van der Waals surface area contributed by atoms with Gasteiger partial charge in [0.05, 0.1) is 11.9 Å². The fourth-order valence-corrected chi connectivity index (χ4v) is 3.41. The van der Waals surface area contributed by atoms with Crippen LogP contribution in [0.15, 0.2) is 30.3 Å². The third-order valence-electron chi connectivity index (χ3n) is 3.41. The quantitative estimate of drug-likeness (QED) is 0.852. The van der Waals surface area contributed by atoms with E-state index in [1.54, 1.807) is 6.92 Å². The molecule has 1 aliphatic rings. The van der Waals surface area contributed by atoms with Crippen LogP contribution in [0.4, 0.5) is 0 Å². The minimum atomic E-state index is -1.16. The molecule has 4 nitrogen and oxygen atoms in total. The maximum absolute atomic E-state index is 12.1. The summed E-state index contributed by atoms with van der Waals surface area (Å²) in [5.41, 5.74) is -0.156. The molecule has 1 aromatic rings. The first-order chi connectivity index (χ1) is 9.05. The second-order valence-corrected chi connectivity index (χ2v) is 6.16. The van der Waals surface area contributed by atoms with Crippen molar-refractivity contribution < 1.29 is 15.0 Å². The summed E-state index contributed by atoms with van der Waals surface area (Å²) in [6, 6.07) is 9.65. The molecule has 1 heterocycles. The van der Waals surface area contributed by atoms with Crippen LogP contribution in [-0.4, -0.2) is 44.4 Å². The highest BCUT2D eigenvalue weighted by Gasteiger charge is 2.48. The molecule has 1 amide bonds. The monoisotopic (exact) mass is 281 g/mol. The van der Waals surface area contributed by atoms with Crippen molar-refractivity contribution >= 4 is 17.7 Å². The number of aliphatic hydroxyl groups excluding tert-OH is 1. The van der Waals surface area contributed by atoms with Crippen molar-refractivity contribution in [3.05, 3.63) is 35.9 Å². The first-order valence-corrected chi connectivity index (χ1v) is 7.40. The van der Waals surface area contributed by atoms with Crippen LogP contribution in [0.25, 0.3) is 0 Å². The number of nitrogens with zero attached hydrogens (tertiary/aromatic N) is 1. The fraction of sp³-hybridized carbons (Fsp3) is 0.500. The molecule has 2 rings (SSSR count). The lowest BCUT2D eigenvalue weighted by Crippen LogP contribution is -2.47. The number of hydrogen-bond acceptors (Lipinski definition) is 4. The Morgan fingerprint density at radius 2 is 2.11 bits per heavy atom. The van der Waals surface area contributed by atoms with Gasteiger partial charge in [0.1, 0.15) is 5.72 Å². The van der Waals surface area contributed by atoms with Crippen molar-refractivity contribution in [2.75, 3.05) is 12.4 Å². The van der Waals surface area contributed by atoms with Gasteiger partial charge in [-0.05, 0) is 12.5 Å². The van der Waals surface area contributed by atoms with Gasteiger partial charge in [-0.3, -0.25) is 4.79 Å². The predicted octanol–water partition coefficient (Wildman–Crippen LogP) is 1.22. The topological polar surface area (TPSA) is 60.8 Å². The highest BCUT2D eigenvalue weighted by molar-refractivity contribution is 8.00. The highest BCUT2D eigenvalue weighted by atomic mass is 32.2. The molecule has 0 radical (unpaired) electrons. The van der Waals surface area contributed by atoms with Gasteiger partial charge in [0, 0.05) is 18.7 Å². The molecule has 0 saturated carbocycles. The summed E-state index contributed by atoms with van der Waals surface area (Å²) in [5, 5.41) is 19.3. The number of carbonyl (C=O) groups is 1. The number of aliphatic hydroxyl groups is 2. The summed E-state index contributed by atoms with van der Waals surface area (Å²) in [4.78, 5) is 13.6. The summed E-state index contributed by atoms with van der Waals surface area (Å²) in [7, 11) is 0. The number of rotatable bonds is 5. The third-order valence-corrected chi connectivity index (χ3v) is 4.85. The lowest BCUT2D eigenvalue weighted by Gasteiger charge is -2.34. The van der Waals surface area contributed by atoms with Crippen LogP contribution in [0.3, 0.4) is 0 Å². The molecular weight excluding hydrogens is 262 g/mol. The summed E-state index contributed by atoms with van der Waals surface area (Å²) in [5.74, 6) is 0.497. The lowest BCUT2D eigenvalue weighted by atomic mass is 10.1. The molecule has 2 atom stereocenters. The second-order valence-electron chi connectivity index (χ2n) is 4.85. The number of amides is 1. The third kappa shape index (κ3) is 3.11. The Bertz CT molecular complexity index is 436. The molecule has 1 fully saturated rings. The maximum Gasteiger partial charge on any atom is 0.226 e. The Morgan fingerprint density at radius 1 is 1.42 bits per heavy atom. The highest BCUT2D eigenvalue weighted by Crippen LogP contribution is 2.37. The number of benzene rings is 1. The first kappa shape index (κ1) is 14.4. The molecule has 104 valence electrons. The van der Waals surface area contributed by atoms with Gasteiger partial charge in [-0.25, -0.2) is 0 Å².